The third-order valence-corrected chi connectivity index (χ3v) is 4.37. The molecule has 1 aliphatic rings. The van der Waals surface area contributed by atoms with Crippen LogP contribution in [-0.4, -0.2) is 28.6 Å². The summed E-state index contributed by atoms with van der Waals surface area (Å²) >= 11 is 6.08. The molecule has 0 heterocycles. The summed E-state index contributed by atoms with van der Waals surface area (Å²) in [6.45, 7) is 2.21. The zero-order chi connectivity index (χ0) is 14.5. The second kappa shape index (κ2) is 7.09. The summed E-state index contributed by atoms with van der Waals surface area (Å²) in [5, 5.41) is 9.93. The Labute approximate surface area is 125 Å². The van der Waals surface area contributed by atoms with Gasteiger partial charge in [0.1, 0.15) is 0 Å². The molecular formula is C16H22ClNO2. The van der Waals surface area contributed by atoms with Gasteiger partial charge in [-0.2, -0.15) is 0 Å². The van der Waals surface area contributed by atoms with E-state index in [0.717, 1.165) is 24.8 Å². The van der Waals surface area contributed by atoms with Crippen LogP contribution in [0.25, 0.3) is 0 Å². The number of hydrogen-bond acceptors (Lipinski definition) is 2. The van der Waals surface area contributed by atoms with Crippen LogP contribution >= 0.6 is 11.6 Å². The molecule has 0 aromatic heterocycles. The highest BCUT2D eigenvalue weighted by Gasteiger charge is 2.30. The first-order chi connectivity index (χ1) is 9.61. The molecule has 1 saturated carbocycles. The van der Waals surface area contributed by atoms with E-state index in [2.05, 4.69) is 11.8 Å². The van der Waals surface area contributed by atoms with Crippen molar-refractivity contribution in [2.45, 2.75) is 51.1 Å². The number of benzene rings is 1. The van der Waals surface area contributed by atoms with Gasteiger partial charge in [-0.1, -0.05) is 43.5 Å². The maximum atomic E-state index is 11.2. The van der Waals surface area contributed by atoms with Crippen LogP contribution in [0.3, 0.4) is 0 Å². The molecule has 20 heavy (non-hydrogen) atoms. The van der Waals surface area contributed by atoms with Crippen molar-refractivity contribution in [1.82, 2.24) is 4.90 Å². The van der Waals surface area contributed by atoms with Gasteiger partial charge in [0.15, 0.2) is 0 Å². The standard InChI is InChI=1S/C16H22ClNO2/c1-2-15(12-6-5-7-13(17)10-12)18(11-16(19)20)14-8-3-4-9-14/h5-7,10,14-15H,2-4,8-9,11H2,1H3,(H,19,20). The Hall–Kier alpha value is -1.06. The second-order valence-corrected chi connectivity index (χ2v) is 5.92. The third-order valence-electron chi connectivity index (χ3n) is 4.13. The van der Waals surface area contributed by atoms with Gasteiger partial charge >= 0.3 is 5.97 Å². The van der Waals surface area contributed by atoms with Crippen LogP contribution in [0.5, 0.6) is 0 Å². The van der Waals surface area contributed by atoms with Gasteiger partial charge in [-0.3, -0.25) is 9.69 Å². The number of carbonyl (C=O) groups is 1. The van der Waals surface area contributed by atoms with Gasteiger partial charge in [-0.25, -0.2) is 0 Å². The Morgan fingerprint density at radius 2 is 2.15 bits per heavy atom. The van der Waals surface area contributed by atoms with E-state index in [1.54, 1.807) is 0 Å². The summed E-state index contributed by atoms with van der Waals surface area (Å²) in [6.07, 6.45) is 5.50. The minimum absolute atomic E-state index is 0.107. The molecule has 3 nitrogen and oxygen atoms in total. The molecule has 0 amide bonds. The van der Waals surface area contributed by atoms with Crippen LogP contribution in [-0.2, 0) is 4.79 Å². The topological polar surface area (TPSA) is 40.5 Å². The van der Waals surface area contributed by atoms with Crippen molar-refractivity contribution in [3.63, 3.8) is 0 Å². The summed E-state index contributed by atoms with van der Waals surface area (Å²) in [6, 6.07) is 8.31. The van der Waals surface area contributed by atoms with Crippen LogP contribution in [0.4, 0.5) is 0 Å². The average Bonchev–Trinajstić information content (AvgIpc) is 2.92. The zero-order valence-electron chi connectivity index (χ0n) is 11.9. The van der Waals surface area contributed by atoms with Crippen LogP contribution in [0.1, 0.15) is 50.6 Å². The number of aliphatic carboxylic acids is 1. The molecule has 1 unspecified atom stereocenters. The fourth-order valence-electron chi connectivity index (χ4n) is 3.26. The summed E-state index contributed by atoms with van der Waals surface area (Å²) in [4.78, 5) is 13.4. The summed E-state index contributed by atoms with van der Waals surface area (Å²) in [5.41, 5.74) is 1.12. The van der Waals surface area contributed by atoms with Crippen molar-refractivity contribution in [1.29, 1.82) is 0 Å². The molecule has 1 aliphatic carbocycles. The van der Waals surface area contributed by atoms with Gasteiger partial charge in [0, 0.05) is 17.1 Å². The van der Waals surface area contributed by atoms with Crippen molar-refractivity contribution >= 4 is 17.6 Å². The molecule has 0 bridgehead atoms. The third kappa shape index (κ3) is 3.74. The quantitative estimate of drug-likeness (QED) is 0.858. The highest BCUT2D eigenvalue weighted by molar-refractivity contribution is 6.30. The molecule has 1 fully saturated rings. The van der Waals surface area contributed by atoms with Gasteiger partial charge in [-0.15, -0.1) is 0 Å². The smallest absolute Gasteiger partial charge is 0.317 e. The number of carboxylic acid groups (broad SMARTS) is 1. The van der Waals surface area contributed by atoms with Crippen molar-refractivity contribution < 1.29 is 9.90 Å². The van der Waals surface area contributed by atoms with Crippen molar-refractivity contribution in [3.05, 3.63) is 34.9 Å². The molecule has 0 radical (unpaired) electrons. The first kappa shape index (κ1) is 15.3. The molecule has 0 saturated heterocycles. The minimum Gasteiger partial charge on any atom is -0.480 e. The Kier molecular flexibility index (Phi) is 5.44. The lowest BCUT2D eigenvalue weighted by Gasteiger charge is -2.35. The van der Waals surface area contributed by atoms with Gasteiger partial charge in [0.25, 0.3) is 0 Å². The number of carboxylic acids is 1. The summed E-state index contributed by atoms with van der Waals surface area (Å²) < 4.78 is 0. The lowest BCUT2D eigenvalue weighted by Crippen LogP contribution is -2.40. The summed E-state index contributed by atoms with van der Waals surface area (Å²) in [7, 11) is 0. The number of rotatable bonds is 6. The summed E-state index contributed by atoms with van der Waals surface area (Å²) in [5.74, 6) is -0.752. The lowest BCUT2D eigenvalue weighted by atomic mass is 10.00. The van der Waals surface area contributed by atoms with Crippen LogP contribution in [0.15, 0.2) is 24.3 Å². The van der Waals surface area contributed by atoms with Crippen molar-refractivity contribution in [2.24, 2.45) is 0 Å². The second-order valence-electron chi connectivity index (χ2n) is 5.48. The zero-order valence-corrected chi connectivity index (χ0v) is 12.6. The van der Waals surface area contributed by atoms with Crippen molar-refractivity contribution in [2.75, 3.05) is 6.54 Å². The van der Waals surface area contributed by atoms with Gasteiger partial charge in [0.05, 0.1) is 6.54 Å². The first-order valence-corrected chi connectivity index (χ1v) is 7.72. The molecule has 0 spiro atoms. The van der Waals surface area contributed by atoms with Gasteiger partial charge < -0.3 is 5.11 Å². The van der Waals surface area contributed by atoms with Crippen LogP contribution in [0, 0.1) is 0 Å². The van der Waals surface area contributed by atoms with Gasteiger partial charge in [0.2, 0.25) is 0 Å². The van der Waals surface area contributed by atoms with E-state index in [4.69, 9.17) is 11.6 Å². The lowest BCUT2D eigenvalue weighted by molar-refractivity contribution is -0.139. The highest BCUT2D eigenvalue weighted by atomic mass is 35.5. The molecule has 1 atom stereocenters. The number of nitrogens with zero attached hydrogens (tertiary/aromatic N) is 1. The Morgan fingerprint density at radius 1 is 1.45 bits per heavy atom. The molecule has 1 aromatic rings. The van der Waals surface area contributed by atoms with E-state index >= 15 is 0 Å². The Bertz CT molecular complexity index is 458. The Balaban J connectivity index is 2.25. The molecular weight excluding hydrogens is 274 g/mol. The fraction of sp³-hybridized carbons (Fsp3) is 0.562. The fourth-order valence-corrected chi connectivity index (χ4v) is 3.46. The number of halogens is 1. The van der Waals surface area contributed by atoms with E-state index < -0.39 is 5.97 Å². The largest absolute Gasteiger partial charge is 0.480 e. The van der Waals surface area contributed by atoms with Crippen LogP contribution < -0.4 is 0 Å². The van der Waals surface area contributed by atoms with E-state index in [0.29, 0.717) is 11.1 Å². The monoisotopic (exact) mass is 295 g/mol. The van der Waals surface area contributed by atoms with E-state index in [1.807, 2.05) is 24.3 Å². The minimum atomic E-state index is -0.752. The van der Waals surface area contributed by atoms with E-state index in [1.165, 1.54) is 12.8 Å². The predicted molar refractivity (Wildman–Crippen MR) is 81.1 cm³/mol. The normalized spacial score (nSPS) is 17.6. The first-order valence-electron chi connectivity index (χ1n) is 7.34. The van der Waals surface area contributed by atoms with Crippen molar-refractivity contribution in [3.8, 4) is 0 Å². The predicted octanol–water partition coefficient (Wildman–Crippen LogP) is 4.12. The molecule has 2 rings (SSSR count). The molecule has 1 N–H and O–H groups in total. The van der Waals surface area contributed by atoms with E-state index in [9.17, 15) is 9.90 Å². The SMILES string of the molecule is CCC(c1cccc(Cl)c1)N(CC(=O)O)C1CCCC1. The molecule has 110 valence electrons. The Morgan fingerprint density at radius 3 is 2.70 bits per heavy atom. The molecule has 4 heteroatoms. The highest BCUT2D eigenvalue weighted by Crippen LogP contribution is 2.33. The molecule has 1 aromatic carbocycles. The van der Waals surface area contributed by atoms with Crippen LogP contribution in [0.2, 0.25) is 5.02 Å². The average molecular weight is 296 g/mol. The van der Waals surface area contributed by atoms with Gasteiger partial charge in [-0.05, 0) is 37.0 Å². The maximum Gasteiger partial charge on any atom is 0.317 e. The molecule has 0 aliphatic heterocycles. The van der Waals surface area contributed by atoms with E-state index in [-0.39, 0.29) is 12.6 Å². The number of hydrogen-bond donors (Lipinski definition) is 1. The maximum absolute atomic E-state index is 11.2.